The van der Waals surface area contributed by atoms with E-state index in [-0.39, 0.29) is 18.2 Å². The number of fused-ring (bicyclic) bond motifs is 1. The number of esters is 1. The van der Waals surface area contributed by atoms with Crippen molar-refractivity contribution in [1.29, 1.82) is 0 Å². The second kappa shape index (κ2) is 12.0. The molecule has 1 fully saturated rings. The van der Waals surface area contributed by atoms with E-state index in [4.69, 9.17) is 14.6 Å². The number of Topliss-reactive ketones (excluding diaryl/α,β-unsaturated/α-hetero) is 1. The molecule has 4 rings (SSSR count). The van der Waals surface area contributed by atoms with Crippen molar-refractivity contribution in [2.24, 2.45) is 10.5 Å². The van der Waals surface area contributed by atoms with Crippen LogP contribution in [0, 0.1) is 26.2 Å². The summed E-state index contributed by atoms with van der Waals surface area (Å²) >= 11 is 0. The van der Waals surface area contributed by atoms with E-state index in [0.717, 1.165) is 34.9 Å². The highest BCUT2D eigenvalue weighted by Gasteiger charge is 2.47. The minimum Gasteiger partial charge on any atom is -0.463 e. The van der Waals surface area contributed by atoms with Gasteiger partial charge in [0.2, 0.25) is 0 Å². The fourth-order valence-electron chi connectivity index (χ4n) is 5.58. The molecule has 0 bridgehead atoms. The van der Waals surface area contributed by atoms with Crippen LogP contribution < -0.4 is 5.01 Å². The molecule has 0 aliphatic carbocycles. The first-order chi connectivity index (χ1) is 19.3. The van der Waals surface area contributed by atoms with E-state index in [2.05, 4.69) is 75.9 Å². The monoisotopic (exact) mass is 557 g/mol. The molecule has 1 atom stereocenters. The van der Waals surface area contributed by atoms with Gasteiger partial charge < -0.3 is 14.4 Å². The molecule has 0 radical (unpaired) electrons. The predicted octanol–water partition coefficient (Wildman–Crippen LogP) is 6.41. The number of ketones is 1. The van der Waals surface area contributed by atoms with Gasteiger partial charge >= 0.3 is 5.97 Å². The molecule has 41 heavy (non-hydrogen) atoms. The Kier molecular flexibility index (Phi) is 8.88. The third-order valence-electron chi connectivity index (χ3n) is 7.88. The van der Waals surface area contributed by atoms with Crippen molar-refractivity contribution in [2.75, 3.05) is 18.2 Å². The average Bonchev–Trinajstić information content (AvgIpc) is 3.25. The van der Waals surface area contributed by atoms with Gasteiger partial charge in [0.05, 0.1) is 23.9 Å². The number of benzene rings is 2. The Morgan fingerprint density at radius 3 is 2.41 bits per heavy atom. The molecule has 2 aromatic rings. The second-order valence-electron chi connectivity index (χ2n) is 12.0. The van der Waals surface area contributed by atoms with Crippen molar-refractivity contribution in [2.45, 2.75) is 79.9 Å². The molecule has 0 spiro atoms. The van der Waals surface area contributed by atoms with E-state index in [1.54, 1.807) is 13.0 Å². The Morgan fingerprint density at radius 1 is 1.12 bits per heavy atom. The van der Waals surface area contributed by atoms with Crippen LogP contribution in [0.5, 0.6) is 0 Å². The van der Waals surface area contributed by atoms with Crippen LogP contribution in [0.15, 0.2) is 71.6 Å². The number of rotatable bonds is 9. The number of carbonyl (C=O) groups excluding carboxylic acids is 2. The van der Waals surface area contributed by atoms with E-state index in [1.807, 2.05) is 31.0 Å². The number of hydrogen-bond donors (Lipinski definition) is 0. The summed E-state index contributed by atoms with van der Waals surface area (Å²) in [7, 11) is 0. The summed E-state index contributed by atoms with van der Waals surface area (Å²) in [6.07, 6.45) is 5.89. The predicted molar refractivity (Wildman–Crippen MR) is 164 cm³/mol. The standard InChI is InChI=1S/C34H43N3O4/c1-9-40-31(39)17-18-33(5,6)28(38)15-16-30-36-27(21-26-13-11-10-12-14-26)34(7,8)41-22-29(36)35-37(30)32-24(3)19-23(2)20-25(32)4/h10-14,16-20,27H,9,15,21-22H2,1-8H3/b18-17+,30-16-/t27-/m0/s1. The summed E-state index contributed by atoms with van der Waals surface area (Å²) in [5, 5.41) is 7.07. The smallest absolute Gasteiger partial charge is 0.330 e. The fourth-order valence-corrected chi connectivity index (χ4v) is 5.58. The van der Waals surface area contributed by atoms with Crippen LogP contribution in [0.4, 0.5) is 5.69 Å². The quantitative estimate of drug-likeness (QED) is 0.262. The Morgan fingerprint density at radius 2 is 1.78 bits per heavy atom. The summed E-state index contributed by atoms with van der Waals surface area (Å²) in [5.41, 5.74) is 4.32. The minimum absolute atomic E-state index is 0.0107. The highest BCUT2D eigenvalue weighted by Crippen LogP contribution is 2.40. The normalized spacial score (nSPS) is 19.5. The van der Waals surface area contributed by atoms with Crippen LogP contribution in [-0.4, -0.2) is 47.3 Å². The summed E-state index contributed by atoms with van der Waals surface area (Å²) in [5.74, 6) is 1.22. The summed E-state index contributed by atoms with van der Waals surface area (Å²) in [6.45, 7) is 16.6. The van der Waals surface area contributed by atoms with Crippen molar-refractivity contribution < 1.29 is 19.1 Å². The van der Waals surface area contributed by atoms with Gasteiger partial charge in [-0.25, -0.2) is 9.80 Å². The van der Waals surface area contributed by atoms with E-state index in [0.29, 0.717) is 13.2 Å². The Labute approximate surface area is 244 Å². The molecule has 7 nitrogen and oxygen atoms in total. The molecule has 0 unspecified atom stereocenters. The van der Waals surface area contributed by atoms with Crippen molar-refractivity contribution in [3.8, 4) is 0 Å². The number of hydrazone groups is 1. The van der Waals surface area contributed by atoms with Gasteiger partial charge in [-0.05, 0) is 84.6 Å². The van der Waals surface area contributed by atoms with Crippen LogP contribution in [-0.2, 0) is 25.5 Å². The van der Waals surface area contributed by atoms with E-state index >= 15 is 0 Å². The van der Waals surface area contributed by atoms with E-state index in [9.17, 15) is 9.59 Å². The summed E-state index contributed by atoms with van der Waals surface area (Å²) < 4.78 is 11.4. The molecule has 0 amide bonds. The molecular formula is C34H43N3O4. The average molecular weight is 558 g/mol. The number of morpholine rings is 1. The molecule has 0 saturated carbocycles. The SMILES string of the molecule is CCOC(=O)/C=C/C(C)(C)C(=O)C/C=C1\N(c2c(C)cc(C)cc2C)N=C2COC(C)(C)[C@H](Cc3ccccc3)N21. The molecule has 7 heteroatoms. The molecule has 0 aromatic heterocycles. The number of ether oxygens (including phenoxy) is 2. The maximum Gasteiger partial charge on any atom is 0.330 e. The lowest BCUT2D eigenvalue weighted by molar-refractivity contribution is -0.137. The number of hydrogen-bond acceptors (Lipinski definition) is 7. The van der Waals surface area contributed by atoms with Crippen LogP contribution >= 0.6 is 0 Å². The maximum atomic E-state index is 13.5. The highest BCUT2D eigenvalue weighted by atomic mass is 16.5. The molecule has 218 valence electrons. The van der Waals surface area contributed by atoms with Gasteiger partial charge in [0, 0.05) is 17.9 Å². The molecule has 2 aliphatic heterocycles. The third kappa shape index (κ3) is 6.62. The molecule has 0 N–H and O–H groups in total. The van der Waals surface area contributed by atoms with Crippen molar-refractivity contribution >= 4 is 23.3 Å². The van der Waals surface area contributed by atoms with Crippen LogP contribution in [0.3, 0.4) is 0 Å². The largest absolute Gasteiger partial charge is 0.463 e. The van der Waals surface area contributed by atoms with Gasteiger partial charge in [-0.1, -0.05) is 54.1 Å². The van der Waals surface area contributed by atoms with Crippen molar-refractivity contribution in [3.63, 3.8) is 0 Å². The zero-order chi connectivity index (χ0) is 29.9. The Bertz CT molecular complexity index is 1360. The van der Waals surface area contributed by atoms with Crippen LogP contribution in [0.1, 0.15) is 63.3 Å². The number of amidine groups is 1. The van der Waals surface area contributed by atoms with Gasteiger partial charge in [0.1, 0.15) is 18.2 Å². The van der Waals surface area contributed by atoms with Crippen LogP contribution in [0.2, 0.25) is 0 Å². The lowest BCUT2D eigenvalue weighted by Crippen LogP contribution is -2.58. The fraction of sp³-hybridized carbons (Fsp3) is 0.441. The second-order valence-corrected chi connectivity index (χ2v) is 12.0. The molecule has 2 aliphatic rings. The number of allylic oxidation sites excluding steroid dienone is 2. The van der Waals surface area contributed by atoms with E-state index < -0.39 is 17.0 Å². The van der Waals surface area contributed by atoms with Crippen molar-refractivity contribution in [1.82, 2.24) is 4.90 Å². The maximum absolute atomic E-state index is 13.5. The number of nitrogens with zero attached hydrogens (tertiary/aromatic N) is 3. The Hall–Kier alpha value is -3.71. The zero-order valence-corrected chi connectivity index (χ0v) is 25.7. The third-order valence-corrected chi connectivity index (χ3v) is 7.88. The van der Waals surface area contributed by atoms with Crippen LogP contribution in [0.25, 0.3) is 0 Å². The van der Waals surface area contributed by atoms with Gasteiger partial charge in [-0.15, -0.1) is 0 Å². The van der Waals surface area contributed by atoms with Gasteiger partial charge in [0.25, 0.3) is 0 Å². The first kappa shape index (κ1) is 30.3. The summed E-state index contributed by atoms with van der Waals surface area (Å²) in [6, 6.07) is 14.7. The van der Waals surface area contributed by atoms with E-state index in [1.165, 1.54) is 17.2 Å². The molecule has 2 heterocycles. The van der Waals surface area contributed by atoms with Gasteiger partial charge in [0.15, 0.2) is 5.84 Å². The molecule has 2 aromatic carbocycles. The number of carbonyl (C=O) groups is 2. The Balaban J connectivity index is 1.76. The first-order valence-electron chi connectivity index (χ1n) is 14.4. The lowest BCUT2D eigenvalue weighted by atomic mass is 9.85. The topological polar surface area (TPSA) is 71.4 Å². The molecular weight excluding hydrogens is 514 g/mol. The number of anilines is 1. The van der Waals surface area contributed by atoms with Gasteiger partial charge in [-0.3, -0.25) is 4.79 Å². The first-order valence-corrected chi connectivity index (χ1v) is 14.4. The molecule has 1 saturated heterocycles. The van der Waals surface area contributed by atoms with Gasteiger partial charge in [-0.2, -0.15) is 5.10 Å². The highest BCUT2D eigenvalue weighted by molar-refractivity contribution is 5.93. The lowest BCUT2D eigenvalue weighted by Gasteiger charge is -2.46. The zero-order valence-electron chi connectivity index (χ0n) is 25.7. The minimum atomic E-state index is -0.847. The number of aryl methyl sites for hydroxylation is 3. The summed E-state index contributed by atoms with van der Waals surface area (Å²) in [4.78, 5) is 27.7. The van der Waals surface area contributed by atoms with Crippen molar-refractivity contribution in [3.05, 3.63) is 88.8 Å².